The number of nitrogens with zero attached hydrogens (tertiary/aromatic N) is 1. The molecule has 0 atom stereocenters. The number of aromatic amines is 1. The molecule has 0 fully saturated rings. The van der Waals surface area contributed by atoms with E-state index in [9.17, 15) is 9.59 Å². The molecule has 3 rings (SSSR count). The first-order chi connectivity index (χ1) is 12.6. The molecule has 0 bridgehead atoms. The van der Waals surface area contributed by atoms with Gasteiger partial charge in [-0.2, -0.15) is 5.10 Å². The van der Waals surface area contributed by atoms with Crippen molar-refractivity contribution in [1.82, 2.24) is 15.5 Å². The number of carboxylic acids is 1. The molecule has 3 aromatic rings. The van der Waals surface area contributed by atoms with E-state index in [1.54, 1.807) is 12.1 Å². The Bertz CT molecular complexity index is 903. The Morgan fingerprint density at radius 1 is 1.12 bits per heavy atom. The van der Waals surface area contributed by atoms with Crippen LogP contribution in [0.4, 0.5) is 0 Å². The van der Waals surface area contributed by atoms with E-state index in [-0.39, 0.29) is 12.3 Å². The Kier molecular flexibility index (Phi) is 5.48. The number of aliphatic carboxylic acids is 1. The molecule has 26 heavy (non-hydrogen) atoms. The van der Waals surface area contributed by atoms with Crippen LogP contribution in [0.3, 0.4) is 0 Å². The van der Waals surface area contributed by atoms with Gasteiger partial charge in [0.25, 0.3) is 5.91 Å². The molecule has 0 saturated carbocycles. The number of fused-ring (bicyclic) bond motifs is 1. The van der Waals surface area contributed by atoms with Crippen LogP contribution in [0.1, 0.15) is 28.9 Å². The van der Waals surface area contributed by atoms with Gasteiger partial charge in [-0.05, 0) is 30.2 Å². The molecular formula is C19H19N3O4. The molecule has 7 nitrogen and oxygen atoms in total. The number of carbonyl (C=O) groups is 2. The predicted molar refractivity (Wildman–Crippen MR) is 96.1 cm³/mol. The third kappa shape index (κ3) is 4.38. The maximum Gasteiger partial charge on any atom is 0.303 e. The van der Waals surface area contributed by atoms with Gasteiger partial charge in [-0.25, -0.2) is 0 Å². The molecule has 0 aliphatic rings. The van der Waals surface area contributed by atoms with E-state index in [4.69, 9.17) is 9.84 Å². The number of H-pyrrole nitrogens is 1. The summed E-state index contributed by atoms with van der Waals surface area (Å²) in [6.07, 6.45) is 0.552. The third-order valence-electron chi connectivity index (χ3n) is 3.87. The lowest BCUT2D eigenvalue weighted by atomic mass is 10.2. The van der Waals surface area contributed by atoms with Crippen molar-refractivity contribution in [3.63, 3.8) is 0 Å². The van der Waals surface area contributed by atoms with Crippen LogP contribution in [0.5, 0.6) is 5.75 Å². The number of rotatable bonds is 8. The zero-order valence-corrected chi connectivity index (χ0v) is 14.1. The molecule has 0 aliphatic carbocycles. The van der Waals surface area contributed by atoms with Crippen LogP contribution in [0.2, 0.25) is 0 Å². The molecule has 2 aromatic carbocycles. The van der Waals surface area contributed by atoms with Gasteiger partial charge in [0, 0.05) is 18.4 Å². The SMILES string of the molecule is O=C(O)CCCOc1ccc(CNC(=O)c2n[nH]c3ccccc23)cc1. The lowest BCUT2D eigenvalue weighted by molar-refractivity contribution is -0.137. The molecule has 7 heteroatoms. The zero-order chi connectivity index (χ0) is 18.4. The Morgan fingerprint density at radius 2 is 1.88 bits per heavy atom. The molecule has 3 N–H and O–H groups in total. The second-order valence-electron chi connectivity index (χ2n) is 5.79. The van der Waals surface area contributed by atoms with Gasteiger partial charge >= 0.3 is 5.97 Å². The number of ether oxygens (including phenoxy) is 1. The van der Waals surface area contributed by atoms with Gasteiger partial charge in [0.05, 0.1) is 12.1 Å². The Labute approximate surface area is 150 Å². The van der Waals surface area contributed by atoms with Crippen molar-refractivity contribution in [3.05, 3.63) is 59.8 Å². The molecular weight excluding hydrogens is 334 g/mol. The Balaban J connectivity index is 1.51. The fourth-order valence-electron chi connectivity index (χ4n) is 2.52. The topological polar surface area (TPSA) is 104 Å². The number of benzene rings is 2. The number of amides is 1. The minimum atomic E-state index is -0.829. The summed E-state index contributed by atoms with van der Waals surface area (Å²) in [6, 6.07) is 14.8. The van der Waals surface area contributed by atoms with Crippen molar-refractivity contribution in [1.29, 1.82) is 0 Å². The molecule has 0 saturated heterocycles. The summed E-state index contributed by atoms with van der Waals surface area (Å²) in [5, 5.41) is 19.1. The summed E-state index contributed by atoms with van der Waals surface area (Å²) in [4.78, 5) is 22.8. The van der Waals surface area contributed by atoms with Crippen LogP contribution in [0.15, 0.2) is 48.5 Å². The smallest absolute Gasteiger partial charge is 0.303 e. The first kappa shape index (κ1) is 17.5. The van der Waals surface area contributed by atoms with Crippen molar-refractivity contribution < 1.29 is 19.4 Å². The average Bonchev–Trinajstić information content (AvgIpc) is 3.08. The normalized spacial score (nSPS) is 10.6. The third-order valence-corrected chi connectivity index (χ3v) is 3.87. The Morgan fingerprint density at radius 3 is 2.65 bits per heavy atom. The van der Waals surface area contributed by atoms with Crippen molar-refractivity contribution in [3.8, 4) is 5.75 Å². The molecule has 0 radical (unpaired) electrons. The summed E-state index contributed by atoms with van der Waals surface area (Å²) < 4.78 is 5.48. The van der Waals surface area contributed by atoms with Gasteiger partial charge in [0.2, 0.25) is 0 Å². The minimum Gasteiger partial charge on any atom is -0.494 e. The summed E-state index contributed by atoms with van der Waals surface area (Å²) in [5.74, 6) is -0.399. The average molecular weight is 353 g/mol. The molecule has 1 heterocycles. The molecule has 1 amide bonds. The van der Waals surface area contributed by atoms with Crippen LogP contribution in [-0.2, 0) is 11.3 Å². The van der Waals surface area contributed by atoms with Gasteiger partial charge in [-0.1, -0.05) is 30.3 Å². The summed E-state index contributed by atoms with van der Waals surface area (Å²) in [5.41, 5.74) is 2.12. The first-order valence-electron chi connectivity index (χ1n) is 8.28. The Hall–Kier alpha value is -3.35. The van der Waals surface area contributed by atoms with Crippen LogP contribution in [0.25, 0.3) is 10.9 Å². The van der Waals surface area contributed by atoms with Gasteiger partial charge in [-0.15, -0.1) is 0 Å². The van der Waals surface area contributed by atoms with Gasteiger partial charge in [0.1, 0.15) is 5.75 Å². The van der Waals surface area contributed by atoms with E-state index in [1.165, 1.54) is 0 Å². The van der Waals surface area contributed by atoms with Crippen LogP contribution in [0, 0.1) is 0 Å². The zero-order valence-electron chi connectivity index (χ0n) is 14.1. The van der Waals surface area contributed by atoms with E-state index in [1.807, 2.05) is 36.4 Å². The van der Waals surface area contributed by atoms with Gasteiger partial charge in [0.15, 0.2) is 5.69 Å². The summed E-state index contributed by atoms with van der Waals surface area (Å²) in [6.45, 7) is 0.730. The van der Waals surface area contributed by atoms with Crippen LogP contribution in [-0.4, -0.2) is 33.8 Å². The maximum absolute atomic E-state index is 12.3. The molecule has 134 valence electrons. The molecule has 1 aromatic heterocycles. The highest BCUT2D eigenvalue weighted by molar-refractivity contribution is 6.04. The van der Waals surface area contributed by atoms with Crippen molar-refractivity contribution >= 4 is 22.8 Å². The monoisotopic (exact) mass is 353 g/mol. The number of para-hydroxylation sites is 1. The van der Waals surface area contributed by atoms with E-state index < -0.39 is 5.97 Å². The highest BCUT2D eigenvalue weighted by atomic mass is 16.5. The molecule has 0 unspecified atom stereocenters. The van der Waals surface area contributed by atoms with Crippen LogP contribution < -0.4 is 10.1 Å². The summed E-state index contributed by atoms with van der Waals surface area (Å²) >= 11 is 0. The molecule has 0 spiro atoms. The van der Waals surface area contributed by atoms with Crippen molar-refractivity contribution in [2.24, 2.45) is 0 Å². The van der Waals surface area contributed by atoms with Crippen molar-refractivity contribution in [2.45, 2.75) is 19.4 Å². The highest BCUT2D eigenvalue weighted by Crippen LogP contribution is 2.16. The van der Waals surface area contributed by atoms with E-state index in [0.29, 0.717) is 31.0 Å². The lowest BCUT2D eigenvalue weighted by Crippen LogP contribution is -2.23. The fourth-order valence-corrected chi connectivity index (χ4v) is 2.52. The van der Waals surface area contributed by atoms with Crippen LogP contribution >= 0.6 is 0 Å². The largest absolute Gasteiger partial charge is 0.494 e. The quantitative estimate of drug-likeness (QED) is 0.540. The number of carboxylic acid groups (broad SMARTS) is 1. The van der Waals surface area contributed by atoms with E-state index >= 15 is 0 Å². The predicted octanol–water partition coefficient (Wildman–Crippen LogP) is 2.74. The second kappa shape index (κ2) is 8.15. The fraction of sp³-hybridized carbons (Fsp3) is 0.211. The number of hydrogen-bond donors (Lipinski definition) is 3. The highest BCUT2D eigenvalue weighted by Gasteiger charge is 2.13. The van der Waals surface area contributed by atoms with Gasteiger partial charge < -0.3 is 15.2 Å². The second-order valence-corrected chi connectivity index (χ2v) is 5.79. The number of nitrogens with one attached hydrogen (secondary N) is 2. The number of hydrogen-bond acceptors (Lipinski definition) is 4. The summed E-state index contributed by atoms with van der Waals surface area (Å²) in [7, 11) is 0. The lowest BCUT2D eigenvalue weighted by Gasteiger charge is -2.07. The van der Waals surface area contributed by atoms with Gasteiger partial charge in [-0.3, -0.25) is 14.7 Å². The maximum atomic E-state index is 12.3. The molecule has 0 aliphatic heterocycles. The van der Waals surface area contributed by atoms with E-state index in [2.05, 4.69) is 15.5 Å². The van der Waals surface area contributed by atoms with Crippen molar-refractivity contribution in [2.75, 3.05) is 6.61 Å². The van der Waals surface area contributed by atoms with E-state index in [0.717, 1.165) is 16.5 Å². The first-order valence-corrected chi connectivity index (χ1v) is 8.28. The standard InChI is InChI=1S/C19H19N3O4/c23-17(24)6-3-11-26-14-9-7-13(8-10-14)12-20-19(25)18-15-4-1-2-5-16(15)21-22-18/h1-2,4-5,7-10H,3,6,11-12H2,(H,20,25)(H,21,22)(H,23,24). The number of aromatic nitrogens is 2. The number of carbonyl (C=O) groups excluding carboxylic acids is 1. The minimum absolute atomic E-state index is 0.0893.